The van der Waals surface area contributed by atoms with Crippen molar-refractivity contribution in [2.45, 2.75) is 19.9 Å². The summed E-state index contributed by atoms with van der Waals surface area (Å²) in [5, 5.41) is 3.74. The number of nitrogens with zero attached hydrogens (tertiary/aromatic N) is 1. The maximum absolute atomic E-state index is 11.9. The van der Waals surface area contributed by atoms with Crippen LogP contribution in [0, 0.1) is 0 Å². The summed E-state index contributed by atoms with van der Waals surface area (Å²) in [5.74, 6) is 0.602. The molecule has 2 rings (SSSR count). The molecule has 94 valence electrons. The van der Waals surface area contributed by atoms with E-state index < -0.39 is 0 Å². The summed E-state index contributed by atoms with van der Waals surface area (Å²) >= 11 is 0. The average molecular weight is 244 g/mol. The molecule has 0 bridgehead atoms. The maximum Gasteiger partial charge on any atom is 0.253 e. The van der Waals surface area contributed by atoms with E-state index >= 15 is 0 Å². The molecule has 0 radical (unpaired) electrons. The number of pyridine rings is 1. The van der Waals surface area contributed by atoms with Crippen molar-refractivity contribution in [2.75, 3.05) is 7.11 Å². The van der Waals surface area contributed by atoms with Crippen molar-refractivity contribution in [3.63, 3.8) is 0 Å². The molecule has 2 aromatic rings. The van der Waals surface area contributed by atoms with Crippen molar-refractivity contribution in [2.24, 2.45) is 0 Å². The minimum atomic E-state index is -0.109. The number of hydrogen-bond acceptors (Lipinski definition) is 3. The molecule has 0 atom stereocenters. The fourth-order valence-electron chi connectivity index (χ4n) is 1.77. The molecule has 0 saturated carbocycles. The van der Waals surface area contributed by atoms with Gasteiger partial charge in [0.1, 0.15) is 11.3 Å². The van der Waals surface area contributed by atoms with Gasteiger partial charge >= 0.3 is 0 Å². The van der Waals surface area contributed by atoms with Gasteiger partial charge in [-0.15, -0.1) is 0 Å². The fraction of sp³-hybridized carbons (Fsp3) is 0.286. The number of carbonyl (C=O) groups excluding carboxylic acids is 1. The first-order valence-corrected chi connectivity index (χ1v) is 5.85. The molecule has 0 aliphatic rings. The quantitative estimate of drug-likeness (QED) is 0.901. The van der Waals surface area contributed by atoms with Crippen LogP contribution in [0.3, 0.4) is 0 Å². The Morgan fingerprint density at radius 2 is 2.17 bits per heavy atom. The molecule has 1 aromatic heterocycles. The predicted molar refractivity (Wildman–Crippen MR) is 70.9 cm³/mol. The lowest BCUT2D eigenvalue weighted by Crippen LogP contribution is -2.30. The van der Waals surface area contributed by atoms with Crippen LogP contribution in [0.5, 0.6) is 5.75 Å². The Morgan fingerprint density at radius 3 is 2.83 bits per heavy atom. The standard InChI is InChI=1S/C14H16N2O2/c1-9(2)16-14(17)11-7-10-5-4-6-12(18-3)13(10)15-8-11/h4-9H,1-3H3,(H,16,17). The number of amides is 1. The van der Waals surface area contributed by atoms with Crippen LogP contribution in [-0.4, -0.2) is 24.0 Å². The maximum atomic E-state index is 11.9. The van der Waals surface area contributed by atoms with Crippen molar-refractivity contribution < 1.29 is 9.53 Å². The highest BCUT2D eigenvalue weighted by Gasteiger charge is 2.09. The Morgan fingerprint density at radius 1 is 1.39 bits per heavy atom. The number of ether oxygens (including phenoxy) is 1. The largest absolute Gasteiger partial charge is 0.494 e. The minimum absolute atomic E-state index is 0.109. The Balaban J connectivity index is 2.42. The van der Waals surface area contributed by atoms with Crippen molar-refractivity contribution in [3.8, 4) is 5.75 Å². The Kier molecular flexibility index (Phi) is 3.46. The van der Waals surface area contributed by atoms with E-state index in [0.29, 0.717) is 11.3 Å². The van der Waals surface area contributed by atoms with Crippen molar-refractivity contribution in [3.05, 3.63) is 36.0 Å². The molecule has 0 fully saturated rings. The summed E-state index contributed by atoms with van der Waals surface area (Å²) in [5.41, 5.74) is 1.32. The van der Waals surface area contributed by atoms with Gasteiger partial charge in [-0.1, -0.05) is 12.1 Å². The molecule has 4 nitrogen and oxygen atoms in total. The second-order valence-electron chi connectivity index (χ2n) is 4.38. The fourth-order valence-corrected chi connectivity index (χ4v) is 1.77. The van der Waals surface area contributed by atoms with E-state index in [0.717, 1.165) is 10.9 Å². The van der Waals surface area contributed by atoms with E-state index in [9.17, 15) is 4.79 Å². The third-order valence-electron chi connectivity index (χ3n) is 2.58. The normalized spacial score (nSPS) is 10.7. The molecule has 18 heavy (non-hydrogen) atoms. The van der Waals surface area contributed by atoms with E-state index in [1.807, 2.05) is 38.1 Å². The van der Waals surface area contributed by atoms with Crippen LogP contribution in [0.25, 0.3) is 10.9 Å². The number of rotatable bonds is 3. The molecule has 4 heteroatoms. The van der Waals surface area contributed by atoms with Crippen LogP contribution in [0.15, 0.2) is 30.5 Å². The highest BCUT2D eigenvalue weighted by Crippen LogP contribution is 2.23. The summed E-state index contributed by atoms with van der Waals surface area (Å²) in [6.45, 7) is 3.85. The van der Waals surface area contributed by atoms with E-state index in [2.05, 4.69) is 10.3 Å². The number of aromatic nitrogens is 1. The van der Waals surface area contributed by atoms with Crippen LogP contribution < -0.4 is 10.1 Å². The van der Waals surface area contributed by atoms with Crippen molar-refractivity contribution >= 4 is 16.8 Å². The van der Waals surface area contributed by atoms with E-state index in [1.165, 1.54) is 0 Å². The van der Waals surface area contributed by atoms with Gasteiger partial charge < -0.3 is 10.1 Å². The molecular weight excluding hydrogens is 228 g/mol. The third kappa shape index (κ3) is 2.42. The second-order valence-corrected chi connectivity index (χ2v) is 4.38. The number of hydrogen-bond donors (Lipinski definition) is 1. The van der Waals surface area contributed by atoms with Gasteiger partial charge in [-0.05, 0) is 26.0 Å². The zero-order chi connectivity index (χ0) is 13.1. The molecule has 0 unspecified atom stereocenters. The number of carbonyl (C=O) groups is 1. The SMILES string of the molecule is COc1cccc2cc(C(=O)NC(C)C)cnc12. The van der Waals surface area contributed by atoms with E-state index in [4.69, 9.17) is 4.74 Å². The molecular formula is C14H16N2O2. The molecule has 0 saturated heterocycles. The number of fused-ring (bicyclic) bond motifs is 1. The molecule has 1 N–H and O–H groups in total. The minimum Gasteiger partial charge on any atom is -0.494 e. The first-order valence-electron chi connectivity index (χ1n) is 5.85. The van der Waals surface area contributed by atoms with Gasteiger partial charge in [0.15, 0.2) is 0 Å². The first kappa shape index (κ1) is 12.4. The van der Waals surface area contributed by atoms with Gasteiger partial charge in [0, 0.05) is 17.6 Å². The molecule has 0 aliphatic carbocycles. The van der Waals surface area contributed by atoms with E-state index in [1.54, 1.807) is 13.3 Å². The van der Waals surface area contributed by atoms with Crippen LogP contribution in [0.1, 0.15) is 24.2 Å². The van der Waals surface area contributed by atoms with Gasteiger partial charge in [-0.2, -0.15) is 0 Å². The summed E-state index contributed by atoms with van der Waals surface area (Å²) in [6, 6.07) is 7.58. The lowest BCUT2D eigenvalue weighted by molar-refractivity contribution is 0.0943. The Hall–Kier alpha value is -2.10. The van der Waals surface area contributed by atoms with Crippen LogP contribution in [0.2, 0.25) is 0 Å². The van der Waals surface area contributed by atoms with Gasteiger partial charge in [-0.25, -0.2) is 0 Å². The van der Waals surface area contributed by atoms with Crippen molar-refractivity contribution in [1.82, 2.24) is 10.3 Å². The number of para-hydroxylation sites is 1. The highest BCUT2D eigenvalue weighted by atomic mass is 16.5. The number of methoxy groups -OCH3 is 1. The van der Waals surface area contributed by atoms with Crippen LogP contribution in [0.4, 0.5) is 0 Å². The van der Waals surface area contributed by atoms with Gasteiger partial charge in [0.2, 0.25) is 0 Å². The Labute approximate surface area is 106 Å². The van der Waals surface area contributed by atoms with Gasteiger partial charge in [-0.3, -0.25) is 9.78 Å². The topological polar surface area (TPSA) is 51.2 Å². The smallest absolute Gasteiger partial charge is 0.253 e. The third-order valence-corrected chi connectivity index (χ3v) is 2.58. The molecule has 1 aromatic carbocycles. The summed E-state index contributed by atoms with van der Waals surface area (Å²) in [6.07, 6.45) is 1.57. The van der Waals surface area contributed by atoms with Gasteiger partial charge in [0.05, 0.1) is 12.7 Å². The summed E-state index contributed by atoms with van der Waals surface area (Å²) < 4.78 is 5.23. The summed E-state index contributed by atoms with van der Waals surface area (Å²) in [4.78, 5) is 16.2. The highest BCUT2D eigenvalue weighted by molar-refractivity contribution is 5.98. The van der Waals surface area contributed by atoms with Crippen LogP contribution in [-0.2, 0) is 0 Å². The first-order chi connectivity index (χ1) is 8.61. The molecule has 0 spiro atoms. The average Bonchev–Trinajstić information content (AvgIpc) is 2.36. The van der Waals surface area contributed by atoms with Gasteiger partial charge in [0.25, 0.3) is 5.91 Å². The molecule has 0 aliphatic heterocycles. The lowest BCUT2D eigenvalue weighted by atomic mass is 10.1. The lowest BCUT2D eigenvalue weighted by Gasteiger charge is -2.09. The number of benzene rings is 1. The molecule has 1 heterocycles. The van der Waals surface area contributed by atoms with Crippen LogP contribution >= 0.6 is 0 Å². The summed E-state index contributed by atoms with van der Waals surface area (Å²) in [7, 11) is 1.61. The van der Waals surface area contributed by atoms with E-state index in [-0.39, 0.29) is 11.9 Å². The van der Waals surface area contributed by atoms with Crippen molar-refractivity contribution in [1.29, 1.82) is 0 Å². The second kappa shape index (κ2) is 5.04. The Bertz CT molecular complexity index is 579. The zero-order valence-corrected chi connectivity index (χ0v) is 10.7. The zero-order valence-electron chi connectivity index (χ0n) is 10.7. The predicted octanol–water partition coefficient (Wildman–Crippen LogP) is 2.38. The monoisotopic (exact) mass is 244 g/mol. The molecule has 1 amide bonds. The number of nitrogens with one attached hydrogen (secondary N) is 1.